The number of hydrogen-bond donors (Lipinski definition) is 1. The normalized spacial score (nSPS) is 15.5. The van der Waals surface area contributed by atoms with Gasteiger partial charge in [-0.05, 0) is 42.0 Å². The van der Waals surface area contributed by atoms with Crippen molar-refractivity contribution in [1.29, 1.82) is 0 Å². The van der Waals surface area contributed by atoms with Gasteiger partial charge in [0.25, 0.3) is 0 Å². The number of rotatable bonds is 9. The second-order valence-electron chi connectivity index (χ2n) is 8.86. The molecule has 1 unspecified atom stereocenters. The Bertz CT molecular complexity index is 866. The molecule has 2 aromatic carbocycles. The first-order chi connectivity index (χ1) is 15.0. The molecule has 2 amide bonds. The van der Waals surface area contributed by atoms with Gasteiger partial charge >= 0.3 is 0 Å². The van der Waals surface area contributed by atoms with E-state index in [1.807, 2.05) is 44.2 Å². The molecule has 1 aliphatic rings. The third kappa shape index (κ3) is 6.33. The Morgan fingerprint density at radius 3 is 2.42 bits per heavy atom. The van der Waals surface area contributed by atoms with Crippen molar-refractivity contribution < 1.29 is 9.59 Å². The van der Waals surface area contributed by atoms with E-state index in [9.17, 15) is 9.59 Å². The number of amides is 2. The molecule has 0 saturated carbocycles. The van der Waals surface area contributed by atoms with E-state index in [4.69, 9.17) is 0 Å². The largest absolute Gasteiger partial charge is 0.375 e. The van der Waals surface area contributed by atoms with Gasteiger partial charge in [0.05, 0.1) is 0 Å². The van der Waals surface area contributed by atoms with Crippen LogP contribution in [0.25, 0.3) is 0 Å². The fourth-order valence-electron chi connectivity index (χ4n) is 4.10. The lowest BCUT2D eigenvalue weighted by Gasteiger charge is -2.36. The molecule has 1 N–H and O–H groups in total. The quantitative estimate of drug-likeness (QED) is 0.622. The van der Waals surface area contributed by atoms with Crippen LogP contribution in [0, 0.1) is 5.92 Å². The van der Waals surface area contributed by atoms with Crippen molar-refractivity contribution in [1.82, 2.24) is 10.2 Å². The molecule has 0 aliphatic carbocycles. The first kappa shape index (κ1) is 22.9. The number of fused-ring (bicyclic) bond motifs is 1. The molecule has 0 spiro atoms. The monoisotopic (exact) mass is 421 g/mol. The molecule has 1 aliphatic heterocycles. The van der Waals surface area contributed by atoms with E-state index < -0.39 is 6.04 Å². The topological polar surface area (TPSA) is 52.7 Å². The molecule has 0 fully saturated rings. The number of anilines is 1. The molecule has 2 aromatic rings. The third-order valence-electron chi connectivity index (χ3n) is 5.87. The number of nitrogens with zero attached hydrogens (tertiary/aromatic N) is 2. The van der Waals surface area contributed by atoms with E-state index in [1.165, 1.54) is 11.3 Å². The number of carbonyl (C=O) groups is 2. The van der Waals surface area contributed by atoms with E-state index in [0.29, 0.717) is 25.9 Å². The van der Waals surface area contributed by atoms with E-state index in [1.54, 1.807) is 4.90 Å². The molecular formula is C26H35N3O2. The summed E-state index contributed by atoms with van der Waals surface area (Å²) in [5.74, 6) is 0.298. The maximum atomic E-state index is 13.0. The fourth-order valence-corrected chi connectivity index (χ4v) is 4.10. The summed E-state index contributed by atoms with van der Waals surface area (Å²) in [6.45, 7) is 6.16. The minimum atomic E-state index is -0.423. The zero-order chi connectivity index (χ0) is 22.2. The second kappa shape index (κ2) is 11.0. The lowest BCUT2D eigenvalue weighted by Crippen LogP contribution is -2.52. The highest BCUT2D eigenvalue weighted by Gasteiger charge is 2.34. The van der Waals surface area contributed by atoms with Crippen LogP contribution in [0.3, 0.4) is 0 Å². The molecule has 0 bridgehead atoms. The van der Waals surface area contributed by atoms with Crippen LogP contribution in [0.2, 0.25) is 0 Å². The number of carbonyl (C=O) groups excluding carboxylic acids is 2. The molecule has 166 valence electrons. The van der Waals surface area contributed by atoms with Crippen molar-refractivity contribution in [3.8, 4) is 0 Å². The maximum absolute atomic E-state index is 13.0. The highest BCUT2D eigenvalue weighted by Crippen LogP contribution is 2.25. The average Bonchev–Trinajstić information content (AvgIpc) is 2.77. The van der Waals surface area contributed by atoms with Crippen LogP contribution in [0.1, 0.15) is 44.2 Å². The van der Waals surface area contributed by atoms with E-state index >= 15 is 0 Å². The van der Waals surface area contributed by atoms with Crippen molar-refractivity contribution in [2.45, 2.75) is 52.1 Å². The third-order valence-corrected chi connectivity index (χ3v) is 5.87. The second-order valence-corrected chi connectivity index (χ2v) is 8.86. The Morgan fingerprint density at radius 1 is 1.03 bits per heavy atom. The highest BCUT2D eigenvalue weighted by molar-refractivity contribution is 5.88. The minimum Gasteiger partial charge on any atom is -0.375 e. The summed E-state index contributed by atoms with van der Waals surface area (Å²) < 4.78 is 0. The van der Waals surface area contributed by atoms with Crippen molar-refractivity contribution in [2.24, 2.45) is 5.92 Å². The molecule has 1 atom stereocenters. The van der Waals surface area contributed by atoms with E-state index in [2.05, 4.69) is 41.5 Å². The van der Waals surface area contributed by atoms with Crippen molar-refractivity contribution in [2.75, 3.05) is 25.0 Å². The van der Waals surface area contributed by atoms with Crippen molar-refractivity contribution in [3.63, 3.8) is 0 Å². The molecule has 31 heavy (non-hydrogen) atoms. The summed E-state index contributed by atoms with van der Waals surface area (Å²) in [6.07, 6.45) is 2.96. The molecule has 5 heteroatoms. The average molecular weight is 422 g/mol. The van der Waals surface area contributed by atoms with Crippen LogP contribution in [0.5, 0.6) is 0 Å². The van der Waals surface area contributed by atoms with E-state index in [-0.39, 0.29) is 17.7 Å². The molecular weight excluding hydrogens is 386 g/mol. The van der Waals surface area contributed by atoms with Gasteiger partial charge in [0.1, 0.15) is 6.04 Å². The number of nitrogens with one attached hydrogen (secondary N) is 1. The molecule has 5 nitrogen and oxygen atoms in total. The van der Waals surface area contributed by atoms with Gasteiger partial charge in [0.2, 0.25) is 11.8 Å². The van der Waals surface area contributed by atoms with Crippen LogP contribution in [0.4, 0.5) is 5.69 Å². The van der Waals surface area contributed by atoms with Crippen molar-refractivity contribution in [3.05, 3.63) is 65.7 Å². The molecule has 0 radical (unpaired) electrons. The van der Waals surface area contributed by atoms with Crippen LogP contribution < -0.4 is 10.2 Å². The van der Waals surface area contributed by atoms with Gasteiger partial charge in [-0.15, -0.1) is 0 Å². The Balaban J connectivity index is 1.52. The van der Waals surface area contributed by atoms with Gasteiger partial charge in [0.15, 0.2) is 0 Å². The summed E-state index contributed by atoms with van der Waals surface area (Å²) in [4.78, 5) is 29.9. The number of benzene rings is 2. The van der Waals surface area contributed by atoms with Crippen molar-refractivity contribution >= 4 is 17.5 Å². The molecule has 3 rings (SSSR count). The Kier molecular flexibility index (Phi) is 8.10. The minimum absolute atomic E-state index is 0.0389. The lowest BCUT2D eigenvalue weighted by molar-refractivity contribution is -0.142. The zero-order valence-corrected chi connectivity index (χ0v) is 19.0. The standard InChI is InChI=1S/C26H35N3O2/c1-20(2)17-25(30)29-19-22-12-8-7-11-21(22)18-24(29)26(31)27-15-9-10-16-28(3)23-13-5-4-6-14-23/h4-8,11-14,20,24H,9-10,15-19H2,1-3H3,(H,27,31). The van der Waals surface area contributed by atoms with E-state index in [0.717, 1.165) is 24.9 Å². The smallest absolute Gasteiger partial charge is 0.243 e. The summed E-state index contributed by atoms with van der Waals surface area (Å²) in [7, 11) is 2.09. The number of hydrogen-bond acceptors (Lipinski definition) is 3. The summed E-state index contributed by atoms with van der Waals surface area (Å²) in [5, 5.41) is 3.08. The lowest BCUT2D eigenvalue weighted by atomic mass is 9.92. The van der Waals surface area contributed by atoms with Gasteiger partial charge in [-0.25, -0.2) is 0 Å². The highest BCUT2D eigenvalue weighted by atomic mass is 16.2. The summed E-state index contributed by atoms with van der Waals surface area (Å²) in [5.41, 5.74) is 3.51. The van der Waals surface area contributed by atoms with Crippen LogP contribution >= 0.6 is 0 Å². The first-order valence-electron chi connectivity index (χ1n) is 11.4. The molecule has 0 aromatic heterocycles. The Hall–Kier alpha value is -2.82. The van der Waals surface area contributed by atoms with Gasteiger partial charge < -0.3 is 15.1 Å². The summed E-state index contributed by atoms with van der Waals surface area (Å²) >= 11 is 0. The van der Waals surface area contributed by atoms with Crippen LogP contribution in [-0.2, 0) is 22.6 Å². The zero-order valence-electron chi connectivity index (χ0n) is 19.0. The molecule has 1 heterocycles. The molecule has 0 saturated heterocycles. The van der Waals surface area contributed by atoms with Gasteiger partial charge in [0, 0.05) is 45.2 Å². The first-order valence-corrected chi connectivity index (χ1v) is 11.4. The predicted molar refractivity (Wildman–Crippen MR) is 126 cm³/mol. The SMILES string of the molecule is CC(C)CC(=O)N1Cc2ccccc2CC1C(=O)NCCCCN(C)c1ccccc1. The summed E-state index contributed by atoms with van der Waals surface area (Å²) in [6, 6.07) is 18.0. The van der Waals surface area contributed by atoms with Crippen LogP contribution in [-0.4, -0.2) is 42.9 Å². The Labute approximate surface area is 186 Å². The number of unbranched alkanes of at least 4 members (excludes halogenated alkanes) is 1. The Morgan fingerprint density at radius 2 is 1.71 bits per heavy atom. The van der Waals surface area contributed by atoms with Crippen LogP contribution in [0.15, 0.2) is 54.6 Å². The number of para-hydroxylation sites is 1. The van der Waals surface area contributed by atoms with Gasteiger partial charge in [-0.2, -0.15) is 0 Å². The fraction of sp³-hybridized carbons (Fsp3) is 0.462. The van der Waals surface area contributed by atoms with Gasteiger partial charge in [-0.3, -0.25) is 9.59 Å². The van der Waals surface area contributed by atoms with Gasteiger partial charge in [-0.1, -0.05) is 56.3 Å². The predicted octanol–water partition coefficient (Wildman–Crippen LogP) is 4.02. The maximum Gasteiger partial charge on any atom is 0.243 e.